The zero-order valence-corrected chi connectivity index (χ0v) is 14.1. The first kappa shape index (κ1) is 17.1. The molecule has 0 amide bonds. The van der Waals surface area contributed by atoms with Gasteiger partial charge in [-0.25, -0.2) is 4.98 Å². The number of esters is 1. The molecule has 0 spiro atoms. The number of carbonyl (C=O) groups excluding carboxylic acids is 1. The molecule has 0 fully saturated rings. The van der Waals surface area contributed by atoms with Crippen molar-refractivity contribution in [1.82, 2.24) is 9.55 Å². The van der Waals surface area contributed by atoms with Crippen LogP contribution in [0.4, 0.5) is 0 Å². The maximum Gasteiger partial charge on any atom is 0.306 e. The van der Waals surface area contributed by atoms with Crippen molar-refractivity contribution < 1.29 is 14.3 Å². The smallest absolute Gasteiger partial charge is 0.306 e. The lowest BCUT2D eigenvalue weighted by Gasteiger charge is -2.36. The molecule has 0 bridgehead atoms. The number of ether oxygens (including phenoxy) is 2. The summed E-state index contributed by atoms with van der Waals surface area (Å²) in [5, 5.41) is 0. The molecular formula is C18H24N2O3. The standard InChI is InChI=1S/C18H24N2O3/c1-5-15(21)23-16(18(2,3)4)17(20-12-11-19-13-20)22-14-9-7-6-8-10-14/h6-13,16-17H,5H2,1-4H3. The molecule has 0 aliphatic heterocycles. The normalized spacial score (nSPS) is 14.1. The highest BCUT2D eigenvalue weighted by Crippen LogP contribution is 2.33. The number of benzene rings is 1. The minimum absolute atomic E-state index is 0.244. The molecule has 2 aromatic rings. The fraction of sp³-hybridized carbons (Fsp3) is 0.444. The van der Waals surface area contributed by atoms with Crippen LogP contribution in [-0.2, 0) is 9.53 Å². The van der Waals surface area contributed by atoms with Crippen molar-refractivity contribution in [2.24, 2.45) is 5.41 Å². The number of carbonyl (C=O) groups is 1. The quantitative estimate of drug-likeness (QED) is 0.760. The van der Waals surface area contributed by atoms with E-state index in [0.29, 0.717) is 12.2 Å². The molecule has 0 saturated carbocycles. The highest BCUT2D eigenvalue weighted by molar-refractivity contribution is 5.69. The summed E-state index contributed by atoms with van der Waals surface area (Å²) in [6.45, 7) is 7.86. The van der Waals surface area contributed by atoms with Crippen molar-refractivity contribution in [2.45, 2.75) is 46.4 Å². The lowest BCUT2D eigenvalue weighted by Crippen LogP contribution is -2.41. The first-order valence-corrected chi connectivity index (χ1v) is 7.80. The van der Waals surface area contributed by atoms with E-state index in [1.165, 1.54) is 0 Å². The van der Waals surface area contributed by atoms with Gasteiger partial charge in [-0.15, -0.1) is 0 Å². The van der Waals surface area contributed by atoms with E-state index in [1.807, 2.05) is 61.9 Å². The number of aromatic nitrogens is 2. The van der Waals surface area contributed by atoms with Gasteiger partial charge in [0.25, 0.3) is 0 Å². The summed E-state index contributed by atoms with van der Waals surface area (Å²) in [4.78, 5) is 16.0. The van der Waals surface area contributed by atoms with Crippen molar-refractivity contribution in [1.29, 1.82) is 0 Å². The second-order valence-electron chi connectivity index (χ2n) is 6.46. The number of hydrogen-bond acceptors (Lipinski definition) is 4. The lowest BCUT2D eigenvalue weighted by atomic mass is 9.87. The van der Waals surface area contributed by atoms with Crippen molar-refractivity contribution >= 4 is 5.97 Å². The lowest BCUT2D eigenvalue weighted by molar-refractivity contribution is -0.167. The Morgan fingerprint density at radius 3 is 2.48 bits per heavy atom. The van der Waals surface area contributed by atoms with Gasteiger partial charge in [0.2, 0.25) is 6.23 Å². The second-order valence-corrected chi connectivity index (χ2v) is 6.46. The van der Waals surface area contributed by atoms with Crippen LogP contribution in [0, 0.1) is 5.41 Å². The number of nitrogens with zero attached hydrogens (tertiary/aromatic N) is 2. The van der Waals surface area contributed by atoms with E-state index in [9.17, 15) is 4.79 Å². The molecule has 1 aromatic carbocycles. The van der Waals surface area contributed by atoms with Crippen LogP contribution in [0.2, 0.25) is 0 Å². The molecule has 0 radical (unpaired) electrons. The summed E-state index contributed by atoms with van der Waals surface area (Å²) in [6.07, 6.45) is 4.55. The van der Waals surface area contributed by atoms with Gasteiger partial charge in [-0.1, -0.05) is 45.9 Å². The Bertz CT molecular complexity index is 603. The SMILES string of the molecule is CCC(=O)OC(C(Oc1ccccc1)n1ccnc1)C(C)(C)C. The molecular weight excluding hydrogens is 292 g/mol. The summed E-state index contributed by atoms with van der Waals surface area (Å²) in [5.41, 5.74) is -0.297. The van der Waals surface area contributed by atoms with Crippen LogP contribution < -0.4 is 4.74 Å². The molecule has 0 aliphatic rings. The first-order chi connectivity index (χ1) is 10.9. The molecule has 124 valence electrons. The summed E-state index contributed by atoms with van der Waals surface area (Å²) in [7, 11) is 0. The first-order valence-electron chi connectivity index (χ1n) is 7.80. The van der Waals surface area contributed by atoms with Crippen LogP contribution in [0.1, 0.15) is 40.3 Å². The average molecular weight is 316 g/mol. The Kier molecular flexibility index (Phi) is 5.42. The summed E-state index contributed by atoms with van der Waals surface area (Å²) >= 11 is 0. The predicted octanol–water partition coefficient (Wildman–Crippen LogP) is 3.83. The van der Waals surface area contributed by atoms with Crippen LogP contribution in [0.5, 0.6) is 5.75 Å². The predicted molar refractivity (Wildman–Crippen MR) is 88.0 cm³/mol. The van der Waals surface area contributed by atoms with E-state index in [-0.39, 0.29) is 11.4 Å². The fourth-order valence-corrected chi connectivity index (χ4v) is 2.23. The fourth-order valence-electron chi connectivity index (χ4n) is 2.23. The van der Waals surface area contributed by atoms with Gasteiger partial charge in [-0.3, -0.25) is 9.36 Å². The largest absolute Gasteiger partial charge is 0.466 e. The third-order valence-electron chi connectivity index (χ3n) is 3.48. The molecule has 0 N–H and O–H groups in total. The van der Waals surface area contributed by atoms with Gasteiger partial charge >= 0.3 is 5.97 Å². The maximum atomic E-state index is 11.9. The maximum absolute atomic E-state index is 11.9. The van der Waals surface area contributed by atoms with E-state index in [1.54, 1.807) is 19.4 Å². The number of rotatable bonds is 6. The van der Waals surface area contributed by atoms with Gasteiger partial charge in [0.05, 0.1) is 6.33 Å². The monoisotopic (exact) mass is 316 g/mol. The van der Waals surface area contributed by atoms with Gasteiger partial charge in [-0.2, -0.15) is 0 Å². The average Bonchev–Trinajstić information content (AvgIpc) is 3.04. The summed E-state index contributed by atoms with van der Waals surface area (Å²) < 4.78 is 13.7. The van der Waals surface area contributed by atoms with Crippen LogP contribution in [0.3, 0.4) is 0 Å². The summed E-state index contributed by atoms with van der Waals surface area (Å²) in [5.74, 6) is 0.472. The molecule has 2 unspecified atom stereocenters. The molecule has 2 atom stereocenters. The van der Waals surface area contributed by atoms with Crippen LogP contribution >= 0.6 is 0 Å². The second kappa shape index (κ2) is 7.31. The van der Waals surface area contributed by atoms with Crippen LogP contribution in [0.15, 0.2) is 49.1 Å². The third kappa shape index (κ3) is 4.58. The van der Waals surface area contributed by atoms with Gasteiger partial charge < -0.3 is 9.47 Å². The molecule has 2 rings (SSSR count). The van der Waals surface area contributed by atoms with E-state index in [0.717, 1.165) is 0 Å². The topological polar surface area (TPSA) is 53.4 Å². The highest BCUT2D eigenvalue weighted by Gasteiger charge is 2.38. The number of imidazole rings is 1. The zero-order chi connectivity index (χ0) is 16.9. The Balaban J connectivity index is 2.35. The van der Waals surface area contributed by atoms with Gasteiger partial charge in [0.1, 0.15) is 5.75 Å². The molecule has 1 aromatic heterocycles. The molecule has 5 heteroatoms. The minimum atomic E-state index is -0.490. The zero-order valence-electron chi connectivity index (χ0n) is 14.1. The molecule has 23 heavy (non-hydrogen) atoms. The number of hydrogen-bond donors (Lipinski definition) is 0. The molecule has 1 heterocycles. The van der Waals surface area contributed by atoms with E-state index in [4.69, 9.17) is 9.47 Å². The van der Waals surface area contributed by atoms with E-state index >= 15 is 0 Å². The molecule has 0 aliphatic carbocycles. The highest BCUT2D eigenvalue weighted by atomic mass is 16.6. The minimum Gasteiger partial charge on any atom is -0.466 e. The van der Waals surface area contributed by atoms with E-state index in [2.05, 4.69) is 4.98 Å². The van der Waals surface area contributed by atoms with E-state index < -0.39 is 12.3 Å². The Labute approximate surface area is 137 Å². The Morgan fingerprint density at radius 2 is 1.96 bits per heavy atom. The van der Waals surface area contributed by atoms with Crippen molar-refractivity contribution in [3.05, 3.63) is 49.1 Å². The molecule has 5 nitrogen and oxygen atoms in total. The van der Waals surface area contributed by atoms with Crippen LogP contribution in [0.25, 0.3) is 0 Å². The van der Waals surface area contributed by atoms with Crippen molar-refractivity contribution in [2.75, 3.05) is 0 Å². The molecule has 0 saturated heterocycles. The van der Waals surface area contributed by atoms with Crippen molar-refractivity contribution in [3.8, 4) is 5.75 Å². The van der Waals surface area contributed by atoms with Gasteiger partial charge in [0.15, 0.2) is 6.10 Å². The summed E-state index contributed by atoms with van der Waals surface area (Å²) in [6, 6.07) is 9.50. The Hall–Kier alpha value is -2.30. The van der Waals surface area contributed by atoms with Crippen LogP contribution in [-0.4, -0.2) is 21.6 Å². The third-order valence-corrected chi connectivity index (χ3v) is 3.48. The number of para-hydroxylation sites is 1. The van der Waals surface area contributed by atoms with Gasteiger partial charge in [0, 0.05) is 24.2 Å². The Morgan fingerprint density at radius 1 is 1.26 bits per heavy atom. The van der Waals surface area contributed by atoms with Crippen molar-refractivity contribution in [3.63, 3.8) is 0 Å². The van der Waals surface area contributed by atoms with Gasteiger partial charge in [-0.05, 0) is 12.1 Å².